The van der Waals surface area contributed by atoms with E-state index in [4.69, 9.17) is 20.3 Å². The number of hydrogen-bond acceptors (Lipinski definition) is 8. The summed E-state index contributed by atoms with van der Waals surface area (Å²) in [6.07, 6.45) is 6.26. The molecule has 42 heavy (non-hydrogen) atoms. The number of para-hydroxylation sites is 1. The van der Waals surface area contributed by atoms with E-state index in [1.54, 1.807) is 39.9 Å². The van der Waals surface area contributed by atoms with Crippen LogP contribution in [0.1, 0.15) is 25.7 Å². The van der Waals surface area contributed by atoms with E-state index in [1.807, 2.05) is 18.2 Å². The number of aromatic nitrogens is 4. The van der Waals surface area contributed by atoms with E-state index in [-0.39, 0.29) is 34.8 Å². The van der Waals surface area contributed by atoms with Crippen LogP contribution in [0.15, 0.2) is 66.5 Å². The molecule has 2 saturated heterocycles. The number of nitrogens with zero attached hydrogens (tertiary/aromatic N) is 6. The third kappa shape index (κ3) is 5.53. The number of hydrogen-bond donors (Lipinski definition) is 1. The number of nitriles is 1. The summed E-state index contributed by atoms with van der Waals surface area (Å²) in [6.45, 7) is 2.11. The van der Waals surface area contributed by atoms with Gasteiger partial charge in [-0.15, -0.1) is 0 Å². The predicted molar refractivity (Wildman–Crippen MR) is 154 cm³/mol. The Labute approximate surface area is 242 Å². The molecule has 1 unspecified atom stereocenters. The van der Waals surface area contributed by atoms with Gasteiger partial charge < -0.3 is 20.1 Å². The Kier molecular flexibility index (Phi) is 7.79. The number of halogens is 1. The van der Waals surface area contributed by atoms with Crippen molar-refractivity contribution < 1.29 is 18.7 Å². The molecule has 2 aliphatic heterocycles. The lowest BCUT2D eigenvalue weighted by atomic mass is 9.97. The van der Waals surface area contributed by atoms with Gasteiger partial charge in [-0.05, 0) is 55.9 Å². The van der Waals surface area contributed by atoms with Gasteiger partial charge in [-0.25, -0.2) is 19.0 Å². The highest BCUT2D eigenvalue weighted by molar-refractivity contribution is 5.99. The number of nitrogen functional groups attached to an aromatic ring is 1. The predicted octanol–water partition coefficient (Wildman–Crippen LogP) is 4.87. The van der Waals surface area contributed by atoms with Crippen molar-refractivity contribution in [2.45, 2.75) is 38.3 Å². The van der Waals surface area contributed by atoms with Crippen LogP contribution in [0.3, 0.4) is 0 Å². The number of ether oxygens (including phenoxy) is 2. The van der Waals surface area contributed by atoms with Crippen LogP contribution in [0.25, 0.3) is 22.3 Å². The summed E-state index contributed by atoms with van der Waals surface area (Å²) < 4.78 is 28.3. The highest BCUT2D eigenvalue weighted by atomic mass is 19.1. The van der Waals surface area contributed by atoms with E-state index >= 15 is 4.39 Å². The van der Waals surface area contributed by atoms with E-state index in [0.29, 0.717) is 54.5 Å². The molecular formula is C31H30FN7O3. The number of likely N-dealkylation sites (tertiary alicyclic amines) is 1. The fraction of sp³-hybridized carbons (Fsp3) is 0.323. The quantitative estimate of drug-likeness (QED) is 0.247. The second kappa shape index (κ2) is 12.0. The first-order chi connectivity index (χ1) is 20.5. The number of benzene rings is 2. The molecule has 2 aliphatic rings. The lowest BCUT2D eigenvalue weighted by molar-refractivity contribution is -0.127. The van der Waals surface area contributed by atoms with Crippen LogP contribution in [0.4, 0.5) is 10.2 Å². The minimum atomic E-state index is -0.534. The van der Waals surface area contributed by atoms with Gasteiger partial charge in [-0.1, -0.05) is 24.3 Å². The zero-order valence-corrected chi connectivity index (χ0v) is 22.9. The molecule has 1 atom stereocenters. The van der Waals surface area contributed by atoms with Crippen LogP contribution in [0.5, 0.6) is 11.5 Å². The third-order valence-electron chi connectivity index (χ3n) is 7.77. The van der Waals surface area contributed by atoms with Gasteiger partial charge >= 0.3 is 0 Å². The van der Waals surface area contributed by atoms with Crippen LogP contribution in [0, 0.1) is 23.1 Å². The lowest BCUT2D eigenvalue weighted by Gasteiger charge is -2.25. The highest BCUT2D eigenvalue weighted by Crippen LogP contribution is 2.35. The van der Waals surface area contributed by atoms with Crippen molar-refractivity contribution in [3.63, 3.8) is 0 Å². The Morgan fingerprint density at radius 3 is 2.71 bits per heavy atom. The number of rotatable bonds is 7. The van der Waals surface area contributed by atoms with Crippen LogP contribution < -0.4 is 10.5 Å². The monoisotopic (exact) mass is 567 g/mol. The zero-order chi connectivity index (χ0) is 29.1. The average Bonchev–Trinajstić information content (AvgIpc) is 3.62. The molecule has 2 N–H and O–H groups in total. The van der Waals surface area contributed by atoms with E-state index in [1.165, 1.54) is 12.4 Å². The Morgan fingerprint density at radius 2 is 1.95 bits per heavy atom. The normalized spacial score (nSPS) is 17.9. The van der Waals surface area contributed by atoms with Crippen LogP contribution in [-0.2, 0) is 16.1 Å². The van der Waals surface area contributed by atoms with Gasteiger partial charge in [0.15, 0.2) is 5.65 Å². The zero-order valence-electron chi connectivity index (χ0n) is 22.9. The molecular weight excluding hydrogens is 537 g/mol. The summed E-state index contributed by atoms with van der Waals surface area (Å²) in [5.41, 5.74) is 7.39. The molecule has 2 aromatic carbocycles. The number of carbonyl (C=O) groups excluding carboxylic acids is 1. The molecule has 4 heterocycles. The maximum Gasteiger partial charge on any atom is 0.264 e. The molecule has 11 heteroatoms. The molecule has 6 rings (SSSR count). The Morgan fingerprint density at radius 1 is 1.14 bits per heavy atom. The van der Waals surface area contributed by atoms with E-state index in [0.717, 1.165) is 25.7 Å². The molecule has 0 saturated carbocycles. The summed E-state index contributed by atoms with van der Waals surface area (Å²) in [4.78, 5) is 23.7. The van der Waals surface area contributed by atoms with Crippen molar-refractivity contribution in [2.24, 2.45) is 5.92 Å². The maximum absolute atomic E-state index is 15.5. The molecule has 1 amide bonds. The number of amides is 1. The second-order valence-electron chi connectivity index (χ2n) is 10.5. The SMILES string of the molecule is N#CC(=CC1CCOCC1)C(=O)N1CCCC1Cn1nc(-c2ccc(Oc3ccccc3)cc2F)c2c(N)ncnc21. The summed E-state index contributed by atoms with van der Waals surface area (Å²) in [5, 5.41) is 15.0. The number of anilines is 1. The minimum Gasteiger partial charge on any atom is -0.457 e. The van der Waals surface area contributed by atoms with Crippen molar-refractivity contribution in [1.82, 2.24) is 24.6 Å². The fourth-order valence-electron chi connectivity index (χ4n) is 5.64. The fourth-order valence-corrected chi connectivity index (χ4v) is 5.64. The first-order valence-electron chi connectivity index (χ1n) is 14.0. The molecule has 0 aliphatic carbocycles. The molecule has 10 nitrogen and oxygen atoms in total. The smallest absolute Gasteiger partial charge is 0.264 e. The van der Waals surface area contributed by atoms with E-state index in [9.17, 15) is 10.1 Å². The van der Waals surface area contributed by atoms with Gasteiger partial charge in [-0.3, -0.25) is 4.79 Å². The second-order valence-corrected chi connectivity index (χ2v) is 10.5. The van der Waals surface area contributed by atoms with Gasteiger partial charge in [0, 0.05) is 31.4 Å². The Balaban J connectivity index is 1.28. The number of fused-ring (bicyclic) bond motifs is 1. The lowest BCUT2D eigenvalue weighted by Crippen LogP contribution is -2.39. The van der Waals surface area contributed by atoms with Gasteiger partial charge in [0.05, 0.1) is 18.0 Å². The van der Waals surface area contributed by atoms with Crippen molar-refractivity contribution in [3.8, 4) is 28.8 Å². The van der Waals surface area contributed by atoms with Crippen LogP contribution in [-0.4, -0.2) is 56.4 Å². The first kappa shape index (κ1) is 27.4. The average molecular weight is 568 g/mol. The summed E-state index contributed by atoms with van der Waals surface area (Å²) in [5.74, 6) is 0.448. The van der Waals surface area contributed by atoms with Crippen molar-refractivity contribution in [2.75, 3.05) is 25.5 Å². The molecule has 2 fully saturated rings. The topological polar surface area (TPSA) is 132 Å². The van der Waals surface area contributed by atoms with Crippen LogP contribution >= 0.6 is 0 Å². The summed E-state index contributed by atoms with van der Waals surface area (Å²) in [7, 11) is 0. The van der Waals surface area contributed by atoms with Crippen LogP contribution in [0.2, 0.25) is 0 Å². The summed E-state index contributed by atoms with van der Waals surface area (Å²) >= 11 is 0. The van der Waals surface area contributed by atoms with Gasteiger partial charge in [-0.2, -0.15) is 10.4 Å². The van der Waals surface area contributed by atoms with E-state index in [2.05, 4.69) is 16.0 Å². The van der Waals surface area contributed by atoms with E-state index < -0.39 is 5.82 Å². The molecule has 4 aromatic rings. The highest BCUT2D eigenvalue weighted by Gasteiger charge is 2.33. The molecule has 0 bridgehead atoms. The standard InChI is InChI=1S/C31H30FN7O3/c32-26-16-24(42-23-6-2-1-3-7-23)8-9-25(26)28-27-29(34)35-19-36-30(27)39(37-28)18-22-5-4-12-38(22)31(40)21(17-33)15-20-10-13-41-14-11-20/h1-3,6-9,15-16,19-20,22H,4-5,10-14,18H2,(H2,34,35,36). The van der Waals surface area contributed by atoms with Gasteiger partial charge in [0.25, 0.3) is 5.91 Å². The van der Waals surface area contributed by atoms with Gasteiger partial charge in [0.2, 0.25) is 0 Å². The molecule has 2 aromatic heterocycles. The Hall–Kier alpha value is -4.82. The van der Waals surface area contributed by atoms with Crippen molar-refractivity contribution in [1.29, 1.82) is 5.26 Å². The first-order valence-corrected chi connectivity index (χ1v) is 14.0. The largest absolute Gasteiger partial charge is 0.457 e. The minimum absolute atomic E-state index is 0.148. The summed E-state index contributed by atoms with van der Waals surface area (Å²) in [6, 6.07) is 15.6. The maximum atomic E-state index is 15.5. The molecule has 0 radical (unpaired) electrons. The Bertz CT molecular complexity index is 1680. The third-order valence-corrected chi connectivity index (χ3v) is 7.77. The van der Waals surface area contributed by atoms with Crippen molar-refractivity contribution in [3.05, 3.63) is 72.3 Å². The molecule has 214 valence electrons. The number of nitrogens with two attached hydrogens (primary N) is 1. The molecule has 0 spiro atoms. The number of carbonyl (C=O) groups is 1. The number of allylic oxidation sites excluding steroid dienone is 1. The van der Waals surface area contributed by atoms with Crippen molar-refractivity contribution >= 4 is 22.8 Å². The van der Waals surface area contributed by atoms with Gasteiger partial charge in [0.1, 0.15) is 46.8 Å².